The van der Waals surface area contributed by atoms with Crippen LogP contribution < -0.4 is 4.87 Å². The van der Waals surface area contributed by atoms with Crippen LogP contribution in [-0.4, -0.2) is 17.6 Å². The molecule has 4 nitrogen and oxygen atoms in total. The van der Waals surface area contributed by atoms with Crippen molar-refractivity contribution in [1.29, 1.82) is 0 Å². The Morgan fingerprint density at radius 1 is 1.44 bits per heavy atom. The molecule has 1 aromatic carbocycles. The summed E-state index contributed by atoms with van der Waals surface area (Å²) in [4.78, 5) is 22.7. The monoisotopic (exact) mass is 237 g/mol. The van der Waals surface area contributed by atoms with Crippen LogP contribution in [0.5, 0.6) is 0 Å². The Hall–Kier alpha value is -1.62. The van der Waals surface area contributed by atoms with Gasteiger partial charge in [0, 0.05) is 6.54 Å². The predicted octanol–water partition coefficient (Wildman–Crippen LogP) is 1.63. The Labute approximate surface area is 96.1 Å². The zero-order valence-corrected chi connectivity index (χ0v) is 9.62. The van der Waals surface area contributed by atoms with Gasteiger partial charge in [-0.3, -0.25) is 14.2 Å². The molecule has 0 aliphatic heterocycles. The largest absolute Gasteiger partial charge is 0.469 e. The zero-order chi connectivity index (χ0) is 11.5. The van der Waals surface area contributed by atoms with E-state index in [9.17, 15) is 9.59 Å². The van der Waals surface area contributed by atoms with Gasteiger partial charge < -0.3 is 4.74 Å². The minimum atomic E-state index is -0.304. The molecule has 0 spiro atoms. The number of benzene rings is 1. The van der Waals surface area contributed by atoms with Crippen LogP contribution in [0.1, 0.15) is 6.42 Å². The molecule has 0 amide bonds. The SMILES string of the molecule is COC(=O)CCn1c(=O)sc2ccccc21. The minimum Gasteiger partial charge on any atom is -0.469 e. The summed E-state index contributed by atoms with van der Waals surface area (Å²) >= 11 is 1.19. The van der Waals surface area contributed by atoms with E-state index in [1.165, 1.54) is 18.4 Å². The smallest absolute Gasteiger partial charge is 0.308 e. The van der Waals surface area contributed by atoms with Gasteiger partial charge >= 0.3 is 10.8 Å². The van der Waals surface area contributed by atoms with Crippen molar-refractivity contribution < 1.29 is 9.53 Å². The van der Waals surface area contributed by atoms with Gasteiger partial charge in [-0.25, -0.2) is 0 Å². The summed E-state index contributed by atoms with van der Waals surface area (Å²) in [6.07, 6.45) is 0.219. The molecular formula is C11H11NO3S. The predicted molar refractivity (Wildman–Crippen MR) is 62.7 cm³/mol. The van der Waals surface area contributed by atoms with E-state index in [-0.39, 0.29) is 17.3 Å². The van der Waals surface area contributed by atoms with E-state index in [2.05, 4.69) is 4.74 Å². The number of methoxy groups -OCH3 is 1. The average molecular weight is 237 g/mol. The molecule has 0 radical (unpaired) electrons. The van der Waals surface area contributed by atoms with Crippen molar-refractivity contribution in [2.75, 3.05) is 7.11 Å². The second-order valence-electron chi connectivity index (χ2n) is 3.31. The topological polar surface area (TPSA) is 48.3 Å². The molecule has 1 heterocycles. The van der Waals surface area contributed by atoms with Crippen LogP contribution in [0.25, 0.3) is 10.2 Å². The molecule has 0 saturated heterocycles. The summed E-state index contributed by atoms with van der Waals surface area (Å²) in [5, 5.41) is 0. The molecule has 0 aliphatic carbocycles. The molecule has 0 bridgehead atoms. The fourth-order valence-corrected chi connectivity index (χ4v) is 2.45. The van der Waals surface area contributed by atoms with Crippen molar-refractivity contribution in [3.8, 4) is 0 Å². The summed E-state index contributed by atoms with van der Waals surface area (Å²) in [6.45, 7) is 0.371. The van der Waals surface area contributed by atoms with Crippen molar-refractivity contribution in [3.63, 3.8) is 0 Å². The molecule has 84 valence electrons. The van der Waals surface area contributed by atoms with Gasteiger partial charge in [-0.15, -0.1) is 0 Å². The van der Waals surface area contributed by atoms with E-state index in [0.29, 0.717) is 6.54 Å². The molecule has 2 rings (SSSR count). The number of carbonyl (C=O) groups is 1. The lowest BCUT2D eigenvalue weighted by molar-refractivity contribution is -0.140. The van der Waals surface area contributed by atoms with E-state index in [0.717, 1.165) is 10.2 Å². The lowest BCUT2D eigenvalue weighted by Gasteiger charge is -2.02. The Kier molecular flexibility index (Phi) is 3.05. The second kappa shape index (κ2) is 4.49. The second-order valence-corrected chi connectivity index (χ2v) is 4.31. The van der Waals surface area contributed by atoms with Gasteiger partial charge in [0.1, 0.15) is 0 Å². The summed E-state index contributed by atoms with van der Waals surface area (Å²) in [6, 6.07) is 7.55. The maximum atomic E-state index is 11.7. The number of nitrogens with zero attached hydrogens (tertiary/aromatic N) is 1. The van der Waals surface area contributed by atoms with E-state index in [1.54, 1.807) is 4.57 Å². The number of hydrogen-bond acceptors (Lipinski definition) is 4. The number of aryl methyl sites for hydroxylation is 1. The number of fused-ring (bicyclic) bond motifs is 1. The highest BCUT2D eigenvalue weighted by Gasteiger charge is 2.08. The molecule has 0 unspecified atom stereocenters. The van der Waals surface area contributed by atoms with Crippen molar-refractivity contribution in [2.24, 2.45) is 0 Å². The first-order valence-corrected chi connectivity index (χ1v) is 5.69. The Bertz CT molecular complexity index is 570. The molecule has 0 aliphatic rings. The van der Waals surface area contributed by atoms with Gasteiger partial charge in [-0.2, -0.15) is 0 Å². The number of aromatic nitrogens is 1. The van der Waals surface area contributed by atoms with Crippen molar-refractivity contribution in [1.82, 2.24) is 4.57 Å². The van der Waals surface area contributed by atoms with Crippen molar-refractivity contribution in [3.05, 3.63) is 33.9 Å². The van der Waals surface area contributed by atoms with Crippen LogP contribution in [0.4, 0.5) is 0 Å². The average Bonchev–Trinajstić information content (AvgIpc) is 2.62. The fraction of sp³-hybridized carbons (Fsp3) is 0.273. The number of esters is 1. The maximum absolute atomic E-state index is 11.7. The Morgan fingerprint density at radius 2 is 2.19 bits per heavy atom. The van der Waals surface area contributed by atoms with E-state index < -0.39 is 0 Å². The van der Waals surface area contributed by atoms with E-state index in [1.807, 2.05) is 24.3 Å². The molecule has 0 atom stereocenters. The maximum Gasteiger partial charge on any atom is 0.308 e. The number of para-hydroxylation sites is 1. The van der Waals surface area contributed by atoms with Crippen LogP contribution >= 0.6 is 11.3 Å². The number of thiazole rings is 1. The van der Waals surface area contributed by atoms with Crippen LogP contribution in [0.3, 0.4) is 0 Å². The highest BCUT2D eigenvalue weighted by Crippen LogP contribution is 2.16. The summed E-state index contributed by atoms with van der Waals surface area (Å²) in [5.41, 5.74) is 0.876. The first-order valence-electron chi connectivity index (χ1n) is 4.87. The van der Waals surface area contributed by atoms with Gasteiger partial charge in [0.25, 0.3) is 0 Å². The Morgan fingerprint density at radius 3 is 2.94 bits per heavy atom. The first kappa shape index (κ1) is 10.9. The van der Waals surface area contributed by atoms with E-state index >= 15 is 0 Å². The van der Waals surface area contributed by atoms with Crippen molar-refractivity contribution >= 4 is 27.5 Å². The first-order chi connectivity index (χ1) is 7.72. The molecule has 5 heteroatoms. The lowest BCUT2D eigenvalue weighted by atomic mass is 10.3. The lowest BCUT2D eigenvalue weighted by Crippen LogP contribution is -2.15. The van der Waals surface area contributed by atoms with Gasteiger partial charge in [-0.1, -0.05) is 23.5 Å². The summed E-state index contributed by atoms with van der Waals surface area (Å²) in [7, 11) is 1.34. The fourth-order valence-electron chi connectivity index (χ4n) is 1.53. The minimum absolute atomic E-state index is 0.0369. The van der Waals surface area contributed by atoms with Crippen LogP contribution in [-0.2, 0) is 16.1 Å². The molecule has 2 aromatic rings. The zero-order valence-electron chi connectivity index (χ0n) is 8.80. The Balaban J connectivity index is 2.33. The number of hydrogen-bond donors (Lipinski definition) is 0. The quantitative estimate of drug-likeness (QED) is 0.762. The third-order valence-corrected chi connectivity index (χ3v) is 3.30. The molecular weight excluding hydrogens is 226 g/mol. The highest BCUT2D eigenvalue weighted by atomic mass is 32.1. The van der Waals surface area contributed by atoms with Gasteiger partial charge in [0.15, 0.2) is 0 Å². The van der Waals surface area contributed by atoms with Crippen LogP contribution in [0.2, 0.25) is 0 Å². The normalized spacial score (nSPS) is 10.6. The molecule has 1 aromatic heterocycles. The van der Waals surface area contributed by atoms with Gasteiger partial charge in [0.05, 0.1) is 23.7 Å². The van der Waals surface area contributed by atoms with E-state index in [4.69, 9.17) is 0 Å². The standard InChI is InChI=1S/C11H11NO3S/c1-15-10(13)6-7-12-8-4-2-3-5-9(8)16-11(12)14/h2-5H,6-7H2,1H3. The molecule has 0 saturated carbocycles. The summed E-state index contributed by atoms with van der Waals surface area (Å²) < 4.78 is 7.10. The number of carbonyl (C=O) groups excluding carboxylic acids is 1. The third kappa shape index (κ3) is 1.99. The molecule has 0 N–H and O–H groups in total. The van der Waals surface area contributed by atoms with Crippen LogP contribution in [0, 0.1) is 0 Å². The number of rotatable bonds is 3. The van der Waals surface area contributed by atoms with Gasteiger partial charge in [-0.05, 0) is 12.1 Å². The van der Waals surface area contributed by atoms with Gasteiger partial charge in [0.2, 0.25) is 0 Å². The number of ether oxygens (including phenoxy) is 1. The highest BCUT2D eigenvalue weighted by molar-refractivity contribution is 7.16. The van der Waals surface area contributed by atoms with Crippen LogP contribution in [0.15, 0.2) is 29.1 Å². The van der Waals surface area contributed by atoms with Crippen molar-refractivity contribution in [2.45, 2.75) is 13.0 Å². The molecule has 16 heavy (non-hydrogen) atoms. The summed E-state index contributed by atoms with van der Waals surface area (Å²) in [5.74, 6) is -0.304. The molecule has 0 fully saturated rings. The third-order valence-electron chi connectivity index (χ3n) is 2.34.